The van der Waals surface area contributed by atoms with Crippen molar-refractivity contribution in [3.8, 4) is 0 Å². The highest BCUT2D eigenvalue weighted by molar-refractivity contribution is 8.48. The zero-order chi connectivity index (χ0) is 16.2. The van der Waals surface area contributed by atoms with Crippen molar-refractivity contribution >= 4 is 47.0 Å². The molecule has 4 rings (SSSR count). The Balaban J connectivity index is 1.32. The molecule has 0 nitrogen and oxygen atoms in total. The molecule has 2 aliphatic heterocycles. The lowest BCUT2D eigenvalue weighted by molar-refractivity contribution is 1.27. The van der Waals surface area contributed by atoms with E-state index in [1.165, 1.54) is 28.1 Å². The first-order chi connectivity index (χ1) is 11.9. The van der Waals surface area contributed by atoms with E-state index in [2.05, 4.69) is 72.8 Å². The summed E-state index contributed by atoms with van der Waals surface area (Å²) in [5.41, 5.74) is 2.75. The first-order valence-electron chi connectivity index (χ1n) is 7.81. The van der Waals surface area contributed by atoms with Gasteiger partial charge in [-0.15, -0.1) is 0 Å². The fourth-order valence-electron chi connectivity index (χ4n) is 2.41. The van der Waals surface area contributed by atoms with Crippen molar-refractivity contribution in [2.45, 2.75) is 12.8 Å². The zero-order valence-corrected chi connectivity index (χ0v) is 16.2. The first-order valence-corrected chi connectivity index (χ1v) is 11.1. The van der Waals surface area contributed by atoms with Crippen molar-refractivity contribution < 1.29 is 0 Å². The Morgan fingerprint density at radius 3 is 1.29 bits per heavy atom. The second-order valence-corrected chi connectivity index (χ2v) is 10.7. The standard InChI is InChI=1S/C20H16S4/c1-3-7-15(8-4-1)11-13-17-21-19-20(22-17)24-18(23-19)14-12-16-9-5-2-6-10-16/h1-10,13-14H,11-12H2. The molecule has 0 amide bonds. The van der Waals surface area contributed by atoms with E-state index in [9.17, 15) is 0 Å². The Kier molecular flexibility index (Phi) is 5.48. The van der Waals surface area contributed by atoms with Crippen LogP contribution in [0.4, 0.5) is 0 Å². The Morgan fingerprint density at radius 1 is 0.542 bits per heavy atom. The highest BCUT2D eigenvalue weighted by Crippen LogP contribution is 2.66. The topological polar surface area (TPSA) is 0 Å². The fraction of sp³-hybridized carbons (Fsp3) is 0.100. The molecule has 0 fully saturated rings. The van der Waals surface area contributed by atoms with Crippen molar-refractivity contribution in [2.24, 2.45) is 0 Å². The van der Waals surface area contributed by atoms with Crippen molar-refractivity contribution in [3.63, 3.8) is 0 Å². The average molecular weight is 385 g/mol. The van der Waals surface area contributed by atoms with Gasteiger partial charge in [0.2, 0.25) is 0 Å². The molecule has 0 atom stereocenters. The molecular weight excluding hydrogens is 368 g/mol. The van der Waals surface area contributed by atoms with Crippen molar-refractivity contribution in [1.29, 1.82) is 0 Å². The summed E-state index contributed by atoms with van der Waals surface area (Å²) in [6.45, 7) is 0. The number of hydrogen-bond donors (Lipinski definition) is 0. The summed E-state index contributed by atoms with van der Waals surface area (Å²) in [5.74, 6) is 0. The maximum absolute atomic E-state index is 2.36. The van der Waals surface area contributed by atoms with Crippen LogP contribution >= 0.6 is 47.0 Å². The van der Waals surface area contributed by atoms with Gasteiger partial charge in [0.05, 0.1) is 8.47 Å². The molecule has 0 N–H and O–H groups in total. The van der Waals surface area contributed by atoms with Crippen LogP contribution in [0.15, 0.2) is 89.8 Å². The molecule has 0 saturated carbocycles. The molecule has 0 saturated heterocycles. The Bertz CT molecular complexity index is 715. The van der Waals surface area contributed by atoms with E-state index in [-0.39, 0.29) is 0 Å². The second-order valence-electron chi connectivity index (χ2n) is 5.41. The molecule has 2 aromatic rings. The lowest BCUT2D eigenvalue weighted by Gasteiger charge is -2.03. The van der Waals surface area contributed by atoms with Gasteiger partial charge in [-0.3, -0.25) is 0 Å². The molecule has 0 spiro atoms. The smallest absolute Gasteiger partial charge is 0.0716 e. The zero-order valence-electron chi connectivity index (χ0n) is 13.0. The van der Waals surface area contributed by atoms with Crippen molar-refractivity contribution in [3.05, 3.63) is 101 Å². The Morgan fingerprint density at radius 2 is 0.917 bits per heavy atom. The van der Waals surface area contributed by atoms with Crippen LogP contribution in [0.1, 0.15) is 11.1 Å². The minimum atomic E-state index is 1.02. The first kappa shape index (κ1) is 16.5. The SMILES string of the molecule is C(Cc1ccccc1)=C1SC2=C(S1)SC(=CCc1ccccc1)S2. The van der Waals surface area contributed by atoms with Gasteiger partial charge in [-0.1, -0.05) is 120 Å². The molecule has 120 valence electrons. The third-order valence-electron chi connectivity index (χ3n) is 3.63. The normalized spacial score (nSPS) is 16.5. The van der Waals surface area contributed by atoms with Crippen molar-refractivity contribution in [1.82, 2.24) is 0 Å². The number of benzene rings is 2. The highest BCUT2D eigenvalue weighted by atomic mass is 32.3. The third-order valence-corrected chi connectivity index (χ3v) is 9.18. The average Bonchev–Trinajstić information content (AvgIpc) is 3.18. The maximum atomic E-state index is 2.36. The monoisotopic (exact) mass is 384 g/mol. The van der Waals surface area contributed by atoms with E-state index in [0.29, 0.717) is 0 Å². The van der Waals surface area contributed by atoms with Crippen molar-refractivity contribution in [2.75, 3.05) is 0 Å². The van der Waals surface area contributed by atoms with Gasteiger partial charge in [0, 0.05) is 8.47 Å². The molecule has 2 heterocycles. The summed E-state index contributed by atoms with van der Waals surface area (Å²) in [7, 11) is 0. The molecule has 0 aromatic heterocycles. The van der Waals surface area contributed by atoms with Gasteiger partial charge in [0.25, 0.3) is 0 Å². The van der Waals surface area contributed by atoms with E-state index in [1.807, 2.05) is 47.0 Å². The van der Waals surface area contributed by atoms with Gasteiger partial charge in [0.15, 0.2) is 0 Å². The van der Waals surface area contributed by atoms with Crippen LogP contribution in [0.5, 0.6) is 0 Å². The highest BCUT2D eigenvalue weighted by Gasteiger charge is 2.29. The van der Waals surface area contributed by atoms with Gasteiger partial charge in [-0.25, -0.2) is 0 Å². The van der Waals surface area contributed by atoms with E-state index in [1.54, 1.807) is 0 Å². The van der Waals surface area contributed by atoms with Crippen LogP contribution in [-0.4, -0.2) is 0 Å². The Labute approximate surface area is 160 Å². The number of allylic oxidation sites excluding steroid dienone is 2. The van der Waals surface area contributed by atoms with Gasteiger partial charge in [0.1, 0.15) is 0 Å². The van der Waals surface area contributed by atoms with E-state index in [0.717, 1.165) is 12.8 Å². The quantitative estimate of drug-likeness (QED) is 0.544. The van der Waals surface area contributed by atoms with Crippen LogP contribution in [0.25, 0.3) is 0 Å². The summed E-state index contributed by atoms with van der Waals surface area (Å²) in [6.07, 6.45) is 6.75. The second kappa shape index (κ2) is 7.96. The molecular formula is C20H16S4. The summed E-state index contributed by atoms with van der Waals surface area (Å²) in [5, 5.41) is 0. The number of rotatable bonds is 4. The predicted octanol–water partition coefficient (Wildman–Crippen LogP) is 7.24. The van der Waals surface area contributed by atoms with Crippen LogP contribution in [0.2, 0.25) is 0 Å². The molecule has 24 heavy (non-hydrogen) atoms. The van der Waals surface area contributed by atoms with E-state index >= 15 is 0 Å². The molecule has 0 bridgehead atoms. The van der Waals surface area contributed by atoms with Gasteiger partial charge in [-0.05, 0) is 24.0 Å². The minimum absolute atomic E-state index is 1.02. The Hall–Kier alpha value is -0.940. The van der Waals surface area contributed by atoms with Gasteiger partial charge < -0.3 is 0 Å². The summed E-state index contributed by atoms with van der Waals surface area (Å²) < 4.78 is 5.77. The predicted molar refractivity (Wildman–Crippen MR) is 114 cm³/mol. The van der Waals surface area contributed by atoms with E-state index < -0.39 is 0 Å². The number of hydrogen-bond acceptors (Lipinski definition) is 4. The lowest BCUT2D eigenvalue weighted by Crippen LogP contribution is -1.80. The molecule has 0 aliphatic carbocycles. The van der Waals surface area contributed by atoms with Crippen LogP contribution in [0.3, 0.4) is 0 Å². The van der Waals surface area contributed by atoms with Crippen LogP contribution in [-0.2, 0) is 12.8 Å². The molecule has 4 heteroatoms. The maximum Gasteiger partial charge on any atom is 0.0716 e. The summed E-state index contributed by atoms with van der Waals surface area (Å²) in [4.78, 5) is 0. The molecule has 0 radical (unpaired) electrons. The molecule has 0 unspecified atom stereocenters. The fourth-order valence-corrected chi connectivity index (χ4v) is 8.52. The van der Waals surface area contributed by atoms with Crippen LogP contribution in [0, 0.1) is 0 Å². The summed E-state index contributed by atoms with van der Waals surface area (Å²) in [6, 6.07) is 21.3. The molecule has 2 aromatic carbocycles. The lowest BCUT2D eigenvalue weighted by atomic mass is 10.2. The molecule has 2 aliphatic rings. The largest absolute Gasteiger partial charge is 0.0739 e. The minimum Gasteiger partial charge on any atom is -0.0739 e. The van der Waals surface area contributed by atoms with Gasteiger partial charge in [-0.2, -0.15) is 0 Å². The number of thioether (sulfide) groups is 4. The third kappa shape index (κ3) is 4.17. The van der Waals surface area contributed by atoms with E-state index in [4.69, 9.17) is 0 Å². The summed E-state index contributed by atoms with van der Waals surface area (Å²) >= 11 is 7.72. The van der Waals surface area contributed by atoms with Crippen LogP contribution < -0.4 is 0 Å². The van der Waals surface area contributed by atoms with Gasteiger partial charge >= 0.3 is 0 Å².